The summed E-state index contributed by atoms with van der Waals surface area (Å²) in [6, 6.07) is 9.34. The Labute approximate surface area is 158 Å². The van der Waals surface area contributed by atoms with Crippen molar-refractivity contribution in [3.05, 3.63) is 65.0 Å². The van der Waals surface area contributed by atoms with E-state index in [0.29, 0.717) is 16.6 Å². The number of benzene rings is 1. The first kappa shape index (κ1) is 18.5. The Morgan fingerprint density at radius 3 is 2.63 bits per heavy atom. The summed E-state index contributed by atoms with van der Waals surface area (Å²) in [4.78, 5) is 41.1. The van der Waals surface area contributed by atoms with Gasteiger partial charge < -0.3 is 14.3 Å². The van der Waals surface area contributed by atoms with Crippen molar-refractivity contribution in [1.29, 1.82) is 0 Å². The molecule has 1 aromatic heterocycles. The highest BCUT2D eigenvalue weighted by Crippen LogP contribution is 2.34. The number of carboxylic acid groups (broad SMARTS) is 1. The van der Waals surface area contributed by atoms with Gasteiger partial charge in [-0.3, -0.25) is 9.69 Å². The highest BCUT2D eigenvalue weighted by atomic mass is 32.2. The third-order valence-corrected chi connectivity index (χ3v) is 4.58. The monoisotopic (exact) mass is 386 g/mol. The molecule has 2 heterocycles. The molecule has 27 heavy (non-hydrogen) atoms. The molecule has 8 nitrogen and oxygen atoms in total. The Bertz CT molecular complexity index is 931. The lowest BCUT2D eigenvalue weighted by Gasteiger charge is -2.13. The van der Waals surface area contributed by atoms with E-state index in [1.807, 2.05) is 0 Å². The van der Waals surface area contributed by atoms with E-state index in [1.165, 1.54) is 42.5 Å². The summed E-state index contributed by atoms with van der Waals surface area (Å²) in [5, 5.41) is 9.31. The fourth-order valence-electron chi connectivity index (χ4n) is 2.24. The molecule has 1 aliphatic heterocycles. The largest absolute Gasteiger partial charge is 0.478 e. The van der Waals surface area contributed by atoms with Crippen LogP contribution in [0.5, 0.6) is 0 Å². The number of nitrogens with zero attached hydrogens (tertiary/aromatic N) is 2. The number of esters is 1. The second-order valence-corrected chi connectivity index (χ2v) is 6.36. The van der Waals surface area contributed by atoms with Gasteiger partial charge in [0, 0.05) is 6.08 Å². The van der Waals surface area contributed by atoms with E-state index in [0.717, 1.165) is 17.8 Å². The maximum absolute atomic E-state index is 12.7. The van der Waals surface area contributed by atoms with Gasteiger partial charge >= 0.3 is 11.9 Å². The van der Waals surface area contributed by atoms with Crippen LogP contribution in [0.3, 0.4) is 0 Å². The van der Waals surface area contributed by atoms with Crippen LogP contribution >= 0.6 is 11.8 Å². The minimum Gasteiger partial charge on any atom is -0.478 e. The van der Waals surface area contributed by atoms with Crippen LogP contribution in [0, 0.1) is 0 Å². The molecule has 0 aliphatic carbocycles. The second-order valence-electron chi connectivity index (χ2n) is 5.35. The fourth-order valence-corrected chi connectivity index (χ4v) is 3.20. The van der Waals surface area contributed by atoms with Crippen LogP contribution in [0.4, 0.5) is 5.69 Å². The third kappa shape index (κ3) is 4.26. The zero-order valence-corrected chi connectivity index (χ0v) is 14.9. The molecule has 0 bridgehead atoms. The minimum atomic E-state index is -1.04. The molecule has 1 saturated heterocycles. The number of aliphatic imine (C=N–C) groups is 1. The number of thioether (sulfide) groups is 1. The first-order valence-electron chi connectivity index (χ1n) is 7.71. The van der Waals surface area contributed by atoms with Crippen LogP contribution in [0.15, 0.2) is 63.1 Å². The Balaban J connectivity index is 1.93. The molecule has 1 aliphatic rings. The summed E-state index contributed by atoms with van der Waals surface area (Å²) < 4.78 is 9.86. The molecule has 1 amide bonds. The van der Waals surface area contributed by atoms with Gasteiger partial charge in [0.1, 0.15) is 5.76 Å². The highest BCUT2D eigenvalue weighted by molar-refractivity contribution is 8.18. The van der Waals surface area contributed by atoms with Crippen LogP contribution in [0.1, 0.15) is 16.1 Å². The van der Waals surface area contributed by atoms with Crippen molar-refractivity contribution in [3.8, 4) is 0 Å². The van der Waals surface area contributed by atoms with Crippen molar-refractivity contribution in [3.63, 3.8) is 0 Å². The number of rotatable bonds is 5. The van der Waals surface area contributed by atoms with Gasteiger partial charge in [-0.25, -0.2) is 14.6 Å². The number of carboxylic acids is 1. The van der Waals surface area contributed by atoms with E-state index >= 15 is 0 Å². The van der Waals surface area contributed by atoms with E-state index < -0.39 is 17.8 Å². The number of aromatic carboxylic acids is 1. The molecule has 1 N–H and O–H groups in total. The number of amides is 1. The number of furan rings is 1. The van der Waals surface area contributed by atoms with Gasteiger partial charge in [0.25, 0.3) is 5.91 Å². The van der Waals surface area contributed by atoms with Crippen LogP contribution in [0.2, 0.25) is 0 Å². The van der Waals surface area contributed by atoms with E-state index in [2.05, 4.69) is 9.73 Å². The quantitative estimate of drug-likeness (QED) is 0.621. The standard InChI is InChI=1S/C18H14N2O6S/c1-25-15(21)9-14-16(22)20(10-13-3-2-8-26-13)18(27-14)19-12-6-4-11(5-7-12)17(23)24/h2-9H,10H2,1H3,(H,23,24). The van der Waals surface area contributed by atoms with Gasteiger partial charge in [-0.15, -0.1) is 0 Å². The van der Waals surface area contributed by atoms with Gasteiger partial charge in [-0.05, 0) is 48.2 Å². The van der Waals surface area contributed by atoms with Crippen LogP contribution in [0.25, 0.3) is 0 Å². The smallest absolute Gasteiger partial charge is 0.335 e. The van der Waals surface area contributed by atoms with Crippen molar-refractivity contribution in [2.45, 2.75) is 6.54 Å². The summed E-state index contributed by atoms with van der Waals surface area (Å²) in [5.41, 5.74) is 0.604. The first-order valence-corrected chi connectivity index (χ1v) is 8.53. The molecule has 1 fully saturated rings. The van der Waals surface area contributed by atoms with E-state index in [4.69, 9.17) is 9.52 Å². The highest BCUT2D eigenvalue weighted by Gasteiger charge is 2.34. The maximum Gasteiger partial charge on any atom is 0.335 e. The lowest BCUT2D eigenvalue weighted by Crippen LogP contribution is -2.28. The SMILES string of the molecule is COC(=O)C=C1SC(=Nc2ccc(C(=O)O)cc2)N(Cc2ccco2)C1=O. The van der Waals surface area contributed by atoms with Gasteiger partial charge in [-0.2, -0.15) is 0 Å². The Morgan fingerprint density at radius 1 is 1.30 bits per heavy atom. The molecular weight excluding hydrogens is 372 g/mol. The zero-order chi connectivity index (χ0) is 19.4. The molecular formula is C18H14N2O6S. The van der Waals surface area contributed by atoms with Crippen molar-refractivity contribution < 1.29 is 28.6 Å². The average molecular weight is 386 g/mol. The predicted molar refractivity (Wildman–Crippen MR) is 97.4 cm³/mol. The summed E-state index contributed by atoms with van der Waals surface area (Å²) in [6.45, 7) is 0.142. The third-order valence-electron chi connectivity index (χ3n) is 3.57. The first-order chi connectivity index (χ1) is 13.0. The molecule has 0 spiro atoms. The number of amidine groups is 1. The van der Waals surface area contributed by atoms with Crippen LogP contribution in [-0.2, 0) is 20.9 Å². The maximum atomic E-state index is 12.7. The molecule has 0 unspecified atom stereocenters. The Kier molecular flexibility index (Phi) is 5.41. The topological polar surface area (TPSA) is 109 Å². The number of hydrogen-bond acceptors (Lipinski definition) is 7. The van der Waals surface area contributed by atoms with Crippen LogP contribution in [-0.4, -0.2) is 40.1 Å². The molecule has 2 aromatic rings. The zero-order valence-electron chi connectivity index (χ0n) is 14.1. The van der Waals surface area contributed by atoms with Crippen molar-refractivity contribution >= 4 is 40.5 Å². The van der Waals surface area contributed by atoms with E-state index in [1.54, 1.807) is 12.1 Å². The molecule has 138 valence electrons. The van der Waals surface area contributed by atoms with Crippen molar-refractivity contribution in [2.24, 2.45) is 4.99 Å². The van der Waals surface area contributed by atoms with Gasteiger partial charge in [0.2, 0.25) is 0 Å². The Morgan fingerprint density at radius 2 is 2.04 bits per heavy atom. The summed E-state index contributed by atoms with van der Waals surface area (Å²) in [6.07, 6.45) is 2.61. The minimum absolute atomic E-state index is 0.132. The number of methoxy groups -OCH3 is 1. The summed E-state index contributed by atoms with van der Waals surface area (Å²) in [5.74, 6) is -1.53. The predicted octanol–water partition coefficient (Wildman–Crippen LogP) is 2.80. The molecule has 0 radical (unpaired) electrons. The van der Waals surface area contributed by atoms with E-state index in [9.17, 15) is 14.4 Å². The normalized spacial score (nSPS) is 16.9. The Hall–Kier alpha value is -3.33. The average Bonchev–Trinajstić information content (AvgIpc) is 3.26. The van der Waals surface area contributed by atoms with Crippen molar-refractivity contribution in [2.75, 3.05) is 7.11 Å². The second kappa shape index (κ2) is 7.92. The number of ether oxygens (including phenoxy) is 1. The molecule has 0 atom stereocenters. The summed E-state index contributed by atoms with van der Waals surface area (Å²) in [7, 11) is 1.23. The van der Waals surface area contributed by atoms with Crippen LogP contribution < -0.4 is 0 Å². The number of carbonyl (C=O) groups is 3. The molecule has 9 heteroatoms. The fraction of sp³-hybridized carbons (Fsp3) is 0.111. The lowest BCUT2D eigenvalue weighted by molar-refractivity contribution is -0.135. The number of carbonyl (C=O) groups excluding carboxylic acids is 2. The molecule has 3 rings (SSSR count). The van der Waals surface area contributed by atoms with Crippen molar-refractivity contribution in [1.82, 2.24) is 4.90 Å². The van der Waals surface area contributed by atoms with Gasteiger partial charge in [0.15, 0.2) is 5.17 Å². The lowest BCUT2D eigenvalue weighted by atomic mass is 10.2. The molecule has 1 aromatic carbocycles. The molecule has 0 saturated carbocycles. The van der Waals surface area contributed by atoms with Gasteiger partial charge in [0.05, 0.1) is 36.1 Å². The van der Waals surface area contributed by atoms with Gasteiger partial charge in [-0.1, -0.05) is 0 Å². The summed E-state index contributed by atoms with van der Waals surface area (Å²) >= 11 is 1.03. The van der Waals surface area contributed by atoms with E-state index in [-0.39, 0.29) is 17.0 Å². The number of hydrogen-bond donors (Lipinski definition) is 1.